The fourth-order valence-electron chi connectivity index (χ4n) is 3.93. The molecule has 0 spiro atoms. The number of hydrogen-bond donors (Lipinski definition) is 2. The van der Waals surface area contributed by atoms with Crippen LogP contribution in [0, 0.1) is 18.3 Å². The average Bonchev–Trinajstić information content (AvgIpc) is 3.14. The standard InChI is InChI=1S/C22H34N6O/c1-16-24-10-11-28(16)19-9-8-17(13-25-19)14-26-21(23-5)27-15-18-7-6-12-29-20(18)22(2,3)4/h8-11,13,18,20H,6-7,12,14-15H2,1-5H3,(H2,23,26,27). The Morgan fingerprint density at radius 3 is 2.72 bits per heavy atom. The van der Waals surface area contributed by atoms with Crippen LogP contribution in [-0.4, -0.2) is 46.8 Å². The largest absolute Gasteiger partial charge is 0.377 e. The molecule has 3 heterocycles. The molecule has 1 saturated heterocycles. The van der Waals surface area contributed by atoms with Crippen LogP contribution in [0.4, 0.5) is 0 Å². The maximum absolute atomic E-state index is 6.09. The number of guanidine groups is 1. The number of ether oxygens (including phenoxy) is 1. The van der Waals surface area contributed by atoms with Gasteiger partial charge in [0.1, 0.15) is 11.6 Å². The molecule has 7 heteroatoms. The van der Waals surface area contributed by atoms with E-state index < -0.39 is 0 Å². The molecule has 2 N–H and O–H groups in total. The van der Waals surface area contributed by atoms with Gasteiger partial charge in [0.05, 0.1) is 6.10 Å². The highest BCUT2D eigenvalue weighted by Crippen LogP contribution is 2.33. The number of aromatic nitrogens is 3. The van der Waals surface area contributed by atoms with E-state index in [0.717, 1.165) is 42.7 Å². The molecule has 2 atom stereocenters. The predicted molar refractivity (Wildman–Crippen MR) is 116 cm³/mol. The van der Waals surface area contributed by atoms with Crippen LogP contribution in [0.25, 0.3) is 5.82 Å². The predicted octanol–water partition coefficient (Wildman–Crippen LogP) is 3.08. The molecule has 3 rings (SSSR count). The maximum atomic E-state index is 6.09. The highest BCUT2D eigenvalue weighted by Gasteiger charge is 2.35. The van der Waals surface area contributed by atoms with Crippen molar-refractivity contribution in [1.82, 2.24) is 25.2 Å². The van der Waals surface area contributed by atoms with Crippen molar-refractivity contribution in [2.24, 2.45) is 16.3 Å². The second-order valence-corrected chi connectivity index (χ2v) is 8.74. The van der Waals surface area contributed by atoms with Crippen LogP contribution >= 0.6 is 0 Å². The first-order valence-corrected chi connectivity index (χ1v) is 10.4. The number of aryl methyl sites for hydroxylation is 1. The van der Waals surface area contributed by atoms with E-state index in [9.17, 15) is 0 Å². The Morgan fingerprint density at radius 1 is 1.28 bits per heavy atom. The zero-order chi connectivity index (χ0) is 20.9. The number of hydrogen-bond acceptors (Lipinski definition) is 4. The monoisotopic (exact) mass is 398 g/mol. The lowest BCUT2D eigenvalue weighted by Crippen LogP contribution is -2.47. The third-order valence-corrected chi connectivity index (χ3v) is 5.40. The molecule has 1 aliphatic heterocycles. The SMILES string of the molecule is CN=C(NCc1ccc(-n2ccnc2C)nc1)NCC1CCCOC1C(C)(C)C. The van der Waals surface area contributed by atoms with E-state index in [1.807, 2.05) is 30.0 Å². The Labute approximate surface area is 174 Å². The number of rotatable bonds is 5. The Morgan fingerprint density at radius 2 is 2.10 bits per heavy atom. The van der Waals surface area contributed by atoms with Crippen LogP contribution in [0.15, 0.2) is 35.7 Å². The Kier molecular flexibility index (Phi) is 6.90. The minimum atomic E-state index is 0.144. The van der Waals surface area contributed by atoms with Crippen molar-refractivity contribution in [3.8, 4) is 5.82 Å². The summed E-state index contributed by atoms with van der Waals surface area (Å²) in [4.78, 5) is 13.2. The Bertz CT molecular complexity index is 805. The average molecular weight is 399 g/mol. The van der Waals surface area contributed by atoms with Gasteiger partial charge in [-0.25, -0.2) is 9.97 Å². The van der Waals surface area contributed by atoms with Crippen molar-refractivity contribution in [3.63, 3.8) is 0 Å². The first-order chi connectivity index (χ1) is 13.9. The van der Waals surface area contributed by atoms with Gasteiger partial charge in [-0.1, -0.05) is 26.8 Å². The maximum Gasteiger partial charge on any atom is 0.191 e. The third kappa shape index (κ3) is 5.56. The molecule has 0 aliphatic carbocycles. The van der Waals surface area contributed by atoms with Gasteiger partial charge < -0.3 is 15.4 Å². The summed E-state index contributed by atoms with van der Waals surface area (Å²) in [5.74, 6) is 3.09. The van der Waals surface area contributed by atoms with E-state index >= 15 is 0 Å². The van der Waals surface area contributed by atoms with E-state index in [4.69, 9.17) is 4.74 Å². The number of nitrogens with zero attached hydrogens (tertiary/aromatic N) is 4. The van der Waals surface area contributed by atoms with Gasteiger partial charge >= 0.3 is 0 Å². The zero-order valence-electron chi connectivity index (χ0n) is 18.3. The smallest absolute Gasteiger partial charge is 0.191 e. The van der Waals surface area contributed by atoms with Crippen molar-refractivity contribution in [2.75, 3.05) is 20.2 Å². The van der Waals surface area contributed by atoms with Gasteiger partial charge in [-0.05, 0) is 36.8 Å². The van der Waals surface area contributed by atoms with Crippen molar-refractivity contribution in [2.45, 2.75) is 53.2 Å². The molecular formula is C22H34N6O. The molecule has 2 unspecified atom stereocenters. The highest BCUT2D eigenvalue weighted by atomic mass is 16.5. The summed E-state index contributed by atoms with van der Waals surface area (Å²) in [6.45, 7) is 11.1. The first-order valence-electron chi connectivity index (χ1n) is 10.4. The summed E-state index contributed by atoms with van der Waals surface area (Å²) in [6.07, 6.45) is 8.17. The molecule has 7 nitrogen and oxygen atoms in total. The lowest BCUT2D eigenvalue weighted by atomic mass is 9.78. The molecule has 0 aromatic carbocycles. The van der Waals surface area contributed by atoms with Gasteiger partial charge in [-0.2, -0.15) is 0 Å². The van der Waals surface area contributed by atoms with Crippen LogP contribution in [0.2, 0.25) is 0 Å². The highest BCUT2D eigenvalue weighted by molar-refractivity contribution is 5.79. The third-order valence-electron chi connectivity index (χ3n) is 5.40. The molecule has 0 radical (unpaired) electrons. The van der Waals surface area contributed by atoms with Gasteiger partial charge in [0.25, 0.3) is 0 Å². The number of nitrogens with one attached hydrogen (secondary N) is 2. The Balaban J connectivity index is 1.52. The van der Waals surface area contributed by atoms with Crippen LogP contribution < -0.4 is 10.6 Å². The molecule has 2 aromatic heterocycles. The number of imidazole rings is 1. The summed E-state index contributed by atoms with van der Waals surface area (Å²) in [7, 11) is 1.80. The summed E-state index contributed by atoms with van der Waals surface area (Å²) in [5.41, 5.74) is 1.24. The lowest BCUT2D eigenvalue weighted by molar-refractivity contribution is -0.0835. The molecule has 0 saturated carbocycles. The first kappa shape index (κ1) is 21.3. The quantitative estimate of drug-likeness (QED) is 0.598. The summed E-state index contributed by atoms with van der Waals surface area (Å²) in [5, 5.41) is 6.86. The van der Waals surface area contributed by atoms with Crippen LogP contribution in [0.5, 0.6) is 0 Å². The number of aliphatic imine (C=N–C) groups is 1. The van der Waals surface area contributed by atoms with E-state index in [0.29, 0.717) is 12.5 Å². The summed E-state index contributed by atoms with van der Waals surface area (Å²) >= 11 is 0. The van der Waals surface area contributed by atoms with Gasteiger partial charge in [0.2, 0.25) is 0 Å². The van der Waals surface area contributed by atoms with Gasteiger partial charge in [0.15, 0.2) is 5.96 Å². The van der Waals surface area contributed by atoms with Crippen LogP contribution in [-0.2, 0) is 11.3 Å². The van der Waals surface area contributed by atoms with Crippen molar-refractivity contribution >= 4 is 5.96 Å². The number of pyridine rings is 1. The fraction of sp³-hybridized carbons (Fsp3) is 0.591. The van der Waals surface area contributed by atoms with E-state index in [1.165, 1.54) is 6.42 Å². The summed E-state index contributed by atoms with van der Waals surface area (Å²) < 4.78 is 8.05. The van der Waals surface area contributed by atoms with E-state index in [2.05, 4.69) is 52.4 Å². The molecular weight excluding hydrogens is 364 g/mol. The molecule has 1 fully saturated rings. The van der Waals surface area contributed by atoms with Crippen LogP contribution in [0.3, 0.4) is 0 Å². The lowest BCUT2D eigenvalue weighted by Gasteiger charge is -2.40. The molecule has 2 aromatic rings. The van der Waals surface area contributed by atoms with Gasteiger partial charge in [-0.15, -0.1) is 0 Å². The van der Waals surface area contributed by atoms with Crippen molar-refractivity contribution in [3.05, 3.63) is 42.1 Å². The normalized spacial score (nSPS) is 20.5. The zero-order valence-corrected chi connectivity index (χ0v) is 18.3. The summed E-state index contributed by atoms with van der Waals surface area (Å²) in [6, 6.07) is 4.09. The second kappa shape index (κ2) is 9.39. The van der Waals surface area contributed by atoms with Gasteiger partial charge in [0, 0.05) is 51.3 Å². The van der Waals surface area contributed by atoms with Crippen molar-refractivity contribution < 1.29 is 4.74 Å². The molecule has 29 heavy (non-hydrogen) atoms. The van der Waals surface area contributed by atoms with Crippen LogP contribution in [0.1, 0.15) is 45.0 Å². The van der Waals surface area contributed by atoms with E-state index in [1.54, 1.807) is 13.2 Å². The molecule has 1 aliphatic rings. The minimum absolute atomic E-state index is 0.144. The molecule has 0 bridgehead atoms. The van der Waals surface area contributed by atoms with Gasteiger partial charge in [-0.3, -0.25) is 9.56 Å². The van der Waals surface area contributed by atoms with E-state index in [-0.39, 0.29) is 11.5 Å². The Hall–Kier alpha value is -2.41. The fourth-order valence-corrected chi connectivity index (χ4v) is 3.93. The molecule has 0 amide bonds. The molecule has 158 valence electrons. The van der Waals surface area contributed by atoms with Crippen molar-refractivity contribution in [1.29, 1.82) is 0 Å². The minimum Gasteiger partial charge on any atom is -0.377 e. The second-order valence-electron chi connectivity index (χ2n) is 8.74. The topological polar surface area (TPSA) is 76.4 Å².